The number of nitrogens with one attached hydrogen (secondary N) is 2. The fourth-order valence-corrected chi connectivity index (χ4v) is 4.60. The number of sulfone groups is 1. The van der Waals surface area contributed by atoms with Crippen molar-refractivity contribution in [2.24, 2.45) is 0 Å². The maximum atomic E-state index is 12.6. The average molecular weight is 367 g/mol. The second-order valence-electron chi connectivity index (χ2n) is 7.97. The van der Waals surface area contributed by atoms with E-state index >= 15 is 0 Å². The van der Waals surface area contributed by atoms with Gasteiger partial charge in [0.1, 0.15) is 0 Å². The highest BCUT2D eigenvalue weighted by atomic mass is 32.2. The summed E-state index contributed by atoms with van der Waals surface area (Å²) in [5, 5.41) is 5.97. The first-order valence-electron chi connectivity index (χ1n) is 8.84. The molecule has 2 rings (SSSR count). The maximum Gasteiger partial charge on any atom is 0.241 e. The highest BCUT2D eigenvalue weighted by molar-refractivity contribution is 7.92. The van der Waals surface area contributed by atoms with Crippen molar-refractivity contribution < 1.29 is 13.2 Å². The summed E-state index contributed by atoms with van der Waals surface area (Å²) in [5.74, 6) is -0.359. The minimum Gasteiger partial charge on any atom is -0.354 e. The highest BCUT2D eigenvalue weighted by Crippen LogP contribution is 2.28. The molecule has 0 atom stereocenters. The van der Waals surface area contributed by atoms with E-state index in [1.54, 1.807) is 0 Å². The van der Waals surface area contributed by atoms with Crippen LogP contribution in [0.3, 0.4) is 0 Å². The van der Waals surface area contributed by atoms with Crippen molar-refractivity contribution in [2.75, 3.05) is 25.9 Å². The zero-order valence-corrected chi connectivity index (χ0v) is 16.5. The quantitative estimate of drug-likeness (QED) is 0.833. The molecule has 0 spiro atoms. The molecule has 0 aliphatic carbocycles. The molecule has 1 heterocycles. The molecular formula is C19H30N2O3S. The Balaban J connectivity index is 1.97. The molecule has 1 aliphatic rings. The number of amides is 1. The van der Waals surface area contributed by atoms with Gasteiger partial charge in [-0.3, -0.25) is 4.79 Å². The van der Waals surface area contributed by atoms with Gasteiger partial charge in [0.2, 0.25) is 5.91 Å². The lowest BCUT2D eigenvalue weighted by Crippen LogP contribution is -2.57. The third kappa shape index (κ3) is 4.61. The van der Waals surface area contributed by atoms with Crippen LogP contribution >= 0.6 is 0 Å². The van der Waals surface area contributed by atoms with Crippen LogP contribution in [-0.2, 0) is 26.5 Å². The first-order valence-corrected chi connectivity index (χ1v) is 10.7. The fraction of sp³-hybridized carbons (Fsp3) is 0.632. The predicted molar refractivity (Wildman–Crippen MR) is 102 cm³/mol. The van der Waals surface area contributed by atoms with Crippen molar-refractivity contribution >= 4 is 15.7 Å². The smallest absolute Gasteiger partial charge is 0.241 e. The molecule has 5 nitrogen and oxygen atoms in total. The molecule has 2 N–H and O–H groups in total. The zero-order valence-electron chi connectivity index (χ0n) is 15.7. The van der Waals surface area contributed by atoms with Crippen LogP contribution in [0.2, 0.25) is 0 Å². The summed E-state index contributed by atoms with van der Waals surface area (Å²) >= 11 is 0. The summed E-state index contributed by atoms with van der Waals surface area (Å²) in [5.41, 5.74) is 2.52. The van der Waals surface area contributed by atoms with E-state index < -0.39 is 14.6 Å². The summed E-state index contributed by atoms with van der Waals surface area (Å²) in [4.78, 5) is 12.6. The first kappa shape index (κ1) is 19.9. The number of benzene rings is 1. The van der Waals surface area contributed by atoms with Crippen LogP contribution in [0.4, 0.5) is 0 Å². The van der Waals surface area contributed by atoms with Crippen LogP contribution in [0.25, 0.3) is 0 Å². The van der Waals surface area contributed by atoms with Gasteiger partial charge in [0.15, 0.2) is 14.6 Å². The maximum absolute atomic E-state index is 12.6. The van der Waals surface area contributed by atoms with Crippen molar-refractivity contribution in [2.45, 2.75) is 50.2 Å². The number of piperidine rings is 1. The summed E-state index contributed by atoms with van der Waals surface area (Å²) in [6.07, 6.45) is 2.52. The van der Waals surface area contributed by atoms with Crippen LogP contribution in [0.5, 0.6) is 0 Å². The Morgan fingerprint density at radius 3 is 2.20 bits per heavy atom. The summed E-state index contributed by atoms with van der Waals surface area (Å²) in [6.45, 7) is 8.06. The first-order chi connectivity index (χ1) is 11.6. The van der Waals surface area contributed by atoms with Gasteiger partial charge in [-0.2, -0.15) is 0 Å². The molecule has 0 saturated carbocycles. The van der Waals surface area contributed by atoms with E-state index in [9.17, 15) is 13.2 Å². The summed E-state index contributed by atoms with van der Waals surface area (Å²) in [7, 11) is -3.46. The van der Waals surface area contributed by atoms with Gasteiger partial charge < -0.3 is 10.6 Å². The van der Waals surface area contributed by atoms with Gasteiger partial charge in [-0.1, -0.05) is 45.0 Å². The second kappa shape index (κ2) is 7.46. The van der Waals surface area contributed by atoms with E-state index in [1.807, 2.05) is 0 Å². The van der Waals surface area contributed by atoms with E-state index in [1.165, 1.54) is 11.8 Å². The Hall–Kier alpha value is -1.40. The van der Waals surface area contributed by atoms with Gasteiger partial charge in [0.25, 0.3) is 0 Å². The summed E-state index contributed by atoms with van der Waals surface area (Å²) < 4.78 is 23.2. The molecule has 140 valence electrons. The molecule has 1 amide bonds. The second-order valence-corrected chi connectivity index (χ2v) is 10.3. The van der Waals surface area contributed by atoms with E-state index in [0.717, 1.165) is 5.56 Å². The average Bonchev–Trinajstić information content (AvgIpc) is 2.54. The van der Waals surface area contributed by atoms with E-state index in [2.05, 4.69) is 55.7 Å². The molecule has 1 aromatic rings. The lowest BCUT2D eigenvalue weighted by atomic mass is 9.86. The summed E-state index contributed by atoms with van der Waals surface area (Å²) in [6, 6.07) is 8.37. The van der Waals surface area contributed by atoms with Gasteiger partial charge in [0.05, 0.1) is 0 Å². The molecule has 0 bridgehead atoms. The molecule has 0 aromatic heterocycles. The molecule has 1 aromatic carbocycles. The molecule has 0 unspecified atom stereocenters. The number of hydrogen-bond acceptors (Lipinski definition) is 4. The Morgan fingerprint density at radius 1 is 1.16 bits per heavy atom. The molecule has 1 fully saturated rings. The Labute approximate surface area is 151 Å². The van der Waals surface area contributed by atoms with Crippen molar-refractivity contribution in [3.63, 3.8) is 0 Å². The SMILES string of the molecule is CC(C)(C)c1ccc(CCNC(=O)C2(S(C)(=O)=O)CCNCC2)cc1. The van der Waals surface area contributed by atoms with Crippen LogP contribution in [-0.4, -0.2) is 45.0 Å². The van der Waals surface area contributed by atoms with Crippen molar-refractivity contribution in [1.29, 1.82) is 0 Å². The lowest BCUT2D eigenvalue weighted by molar-refractivity contribution is -0.124. The van der Waals surface area contributed by atoms with E-state index in [0.29, 0.717) is 38.9 Å². The van der Waals surface area contributed by atoms with Crippen molar-refractivity contribution in [3.8, 4) is 0 Å². The number of hydrogen-bond donors (Lipinski definition) is 2. The molecule has 6 heteroatoms. The normalized spacial score (nSPS) is 17.9. The monoisotopic (exact) mass is 366 g/mol. The topological polar surface area (TPSA) is 75.3 Å². The van der Waals surface area contributed by atoms with Gasteiger partial charge in [-0.05, 0) is 48.9 Å². The van der Waals surface area contributed by atoms with Gasteiger partial charge >= 0.3 is 0 Å². The predicted octanol–water partition coefficient (Wildman–Crippen LogP) is 1.81. The Morgan fingerprint density at radius 2 is 1.72 bits per heavy atom. The van der Waals surface area contributed by atoms with Crippen LogP contribution in [0, 0.1) is 0 Å². The van der Waals surface area contributed by atoms with Crippen molar-refractivity contribution in [3.05, 3.63) is 35.4 Å². The van der Waals surface area contributed by atoms with Gasteiger partial charge in [-0.15, -0.1) is 0 Å². The zero-order chi connectivity index (χ0) is 18.7. The highest BCUT2D eigenvalue weighted by Gasteiger charge is 2.48. The minimum absolute atomic E-state index is 0.115. The molecule has 0 radical (unpaired) electrons. The molecule has 1 aliphatic heterocycles. The molecule has 1 saturated heterocycles. The molecular weight excluding hydrogens is 336 g/mol. The van der Waals surface area contributed by atoms with Gasteiger partial charge in [0, 0.05) is 12.8 Å². The third-order valence-electron chi connectivity index (χ3n) is 5.05. The number of rotatable bonds is 5. The Kier molecular flexibility index (Phi) is 5.94. The van der Waals surface area contributed by atoms with Gasteiger partial charge in [-0.25, -0.2) is 8.42 Å². The number of carbonyl (C=O) groups is 1. The van der Waals surface area contributed by atoms with E-state index in [-0.39, 0.29) is 11.3 Å². The van der Waals surface area contributed by atoms with Crippen LogP contribution in [0.1, 0.15) is 44.7 Å². The molecule has 25 heavy (non-hydrogen) atoms. The van der Waals surface area contributed by atoms with Crippen LogP contribution in [0.15, 0.2) is 24.3 Å². The number of carbonyl (C=O) groups excluding carboxylic acids is 1. The Bertz CT molecular complexity index is 697. The van der Waals surface area contributed by atoms with E-state index in [4.69, 9.17) is 0 Å². The lowest BCUT2D eigenvalue weighted by Gasteiger charge is -2.34. The third-order valence-corrected chi connectivity index (χ3v) is 7.07. The van der Waals surface area contributed by atoms with Crippen molar-refractivity contribution in [1.82, 2.24) is 10.6 Å². The standard InChI is InChI=1S/C19H30N2O3S/c1-18(2,3)16-7-5-15(6-8-16)9-12-21-17(22)19(25(4,23)24)10-13-20-14-11-19/h5-8,20H,9-14H2,1-4H3,(H,21,22). The fourth-order valence-electron chi connectivity index (χ4n) is 3.25. The largest absolute Gasteiger partial charge is 0.354 e. The van der Waals surface area contributed by atoms with Crippen LogP contribution < -0.4 is 10.6 Å². The minimum atomic E-state index is -3.46.